The van der Waals surface area contributed by atoms with Crippen LogP contribution in [0.5, 0.6) is 0 Å². The van der Waals surface area contributed by atoms with Crippen molar-refractivity contribution in [3.8, 4) is 0 Å². The van der Waals surface area contributed by atoms with Gasteiger partial charge in [0.1, 0.15) is 0 Å². The molecule has 0 aliphatic rings. The van der Waals surface area contributed by atoms with E-state index in [1.807, 2.05) is 10.9 Å². The number of aromatic nitrogens is 2. The standard InChI is InChI=1S/C10H18N2O/c1-3-5-10(13)9-7-11-12(8-9)6-4-2/h7-8,10,13H,3-6H2,1-2H3. The second-order valence-corrected chi connectivity index (χ2v) is 3.34. The van der Waals surface area contributed by atoms with Crippen molar-refractivity contribution in [2.24, 2.45) is 0 Å². The van der Waals surface area contributed by atoms with E-state index in [-0.39, 0.29) is 6.10 Å². The summed E-state index contributed by atoms with van der Waals surface area (Å²) >= 11 is 0. The number of aliphatic hydroxyl groups is 1. The Bertz CT molecular complexity index is 245. The van der Waals surface area contributed by atoms with Gasteiger partial charge in [0.25, 0.3) is 0 Å². The Morgan fingerprint density at radius 2 is 2.23 bits per heavy atom. The Kier molecular flexibility index (Phi) is 3.96. The van der Waals surface area contributed by atoms with Crippen molar-refractivity contribution in [2.75, 3.05) is 0 Å². The fraction of sp³-hybridized carbons (Fsp3) is 0.700. The summed E-state index contributed by atoms with van der Waals surface area (Å²) < 4.78 is 1.88. The lowest BCUT2D eigenvalue weighted by Crippen LogP contribution is -1.97. The van der Waals surface area contributed by atoms with Crippen LogP contribution in [-0.2, 0) is 6.54 Å². The van der Waals surface area contributed by atoms with Crippen molar-refractivity contribution >= 4 is 0 Å². The highest BCUT2D eigenvalue weighted by Gasteiger charge is 2.07. The maximum atomic E-state index is 9.65. The zero-order chi connectivity index (χ0) is 9.68. The van der Waals surface area contributed by atoms with E-state index < -0.39 is 0 Å². The molecule has 0 bridgehead atoms. The molecule has 0 radical (unpaired) electrons. The van der Waals surface area contributed by atoms with Crippen LogP contribution in [0.1, 0.15) is 44.8 Å². The monoisotopic (exact) mass is 182 g/mol. The van der Waals surface area contributed by atoms with Crippen molar-refractivity contribution in [3.63, 3.8) is 0 Å². The van der Waals surface area contributed by atoms with Crippen LogP contribution in [0.4, 0.5) is 0 Å². The zero-order valence-corrected chi connectivity index (χ0v) is 8.40. The van der Waals surface area contributed by atoms with E-state index in [4.69, 9.17) is 0 Å². The number of aliphatic hydroxyl groups excluding tert-OH is 1. The van der Waals surface area contributed by atoms with Crippen molar-refractivity contribution in [1.82, 2.24) is 9.78 Å². The molecule has 0 aromatic carbocycles. The number of hydrogen-bond acceptors (Lipinski definition) is 2. The summed E-state index contributed by atoms with van der Waals surface area (Å²) in [5, 5.41) is 13.8. The summed E-state index contributed by atoms with van der Waals surface area (Å²) in [7, 11) is 0. The molecule has 3 nitrogen and oxygen atoms in total. The molecule has 3 heteroatoms. The highest BCUT2D eigenvalue weighted by molar-refractivity contribution is 5.07. The molecule has 1 N–H and O–H groups in total. The van der Waals surface area contributed by atoms with Crippen molar-refractivity contribution in [1.29, 1.82) is 0 Å². The summed E-state index contributed by atoms with van der Waals surface area (Å²) in [5.41, 5.74) is 0.940. The SMILES string of the molecule is CCCC(O)c1cnn(CCC)c1. The third kappa shape index (κ3) is 2.84. The predicted octanol–water partition coefficient (Wildman–Crippen LogP) is 2.13. The number of rotatable bonds is 5. The second-order valence-electron chi connectivity index (χ2n) is 3.34. The van der Waals surface area contributed by atoms with E-state index in [1.165, 1.54) is 0 Å². The Morgan fingerprint density at radius 1 is 1.46 bits per heavy atom. The van der Waals surface area contributed by atoms with Crippen molar-refractivity contribution in [2.45, 2.75) is 45.8 Å². The molecule has 1 rings (SSSR count). The first-order valence-electron chi connectivity index (χ1n) is 4.98. The Labute approximate surface area is 79.4 Å². The van der Waals surface area contributed by atoms with Crippen molar-refractivity contribution in [3.05, 3.63) is 18.0 Å². The minimum Gasteiger partial charge on any atom is -0.388 e. The Balaban J connectivity index is 2.56. The van der Waals surface area contributed by atoms with Crippen LogP contribution in [0.2, 0.25) is 0 Å². The molecule has 0 aliphatic carbocycles. The van der Waals surface area contributed by atoms with E-state index >= 15 is 0 Å². The molecule has 1 aromatic heterocycles. The molecular formula is C10H18N2O. The van der Waals surface area contributed by atoms with Crippen LogP contribution in [-0.4, -0.2) is 14.9 Å². The highest BCUT2D eigenvalue weighted by atomic mass is 16.3. The first kappa shape index (κ1) is 10.3. The first-order valence-corrected chi connectivity index (χ1v) is 4.98. The molecule has 0 fully saturated rings. The number of aryl methyl sites for hydroxylation is 1. The molecule has 0 saturated heterocycles. The molecule has 0 aliphatic heterocycles. The van der Waals surface area contributed by atoms with E-state index in [9.17, 15) is 5.11 Å². The molecule has 0 amide bonds. The molecule has 1 aromatic rings. The topological polar surface area (TPSA) is 38.1 Å². The smallest absolute Gasteiger partial charge is 0.0820 e. The fourth-order valence-corrected chi connectivity index (χ4v) is 1.34. The minimum atomic E-state index is -0.337. The zero-order valence-electron chi connectivity index (χ0n) is 8.40. The van der Waals surface area contributed by atoms with Gasteiger partial charge in [-0.2, -0.15) is 5.10 Å². The van der Waals surface area contributed by atoms with Gasteiger partial charge >= 0.3 is 0 Å². The molecule has 1 unspecified atom stereocenters. The maximum Gasteiger partial charge on any atom is 0.0820 e. The lowest BCUT2D eigenvalue weighted by atomic mass is 10.1. The number of nitrogens with zero attached hydrogens (tertiary/aromatic N) is 2. The van der Waals surface area contributed by atoms with Gasteiger partial charge in [0, 0.05) is 18.3 Å². The average molecular weight is 182 g/mol. The lowest BCUT2D eigenvalue weighted by Gasteiger charge is -2.04. The first-order chi connectivity index (χ1) is 6.27. The Hall–Kier alpha value is -0.830. The third-order valence-electron chi connectivity index (χ3n) is 2.05. The summed E-state index contributed by atoms with van der Waals surface area (Å²) in [6.45, 7) is 5.11. The van der Waals surface area contributed by atoms with E-state index in [0.717, 1.165) is 31.4 Å². The van der Waals surface area contributed by atoms with Crippen LogP contribution in [0, 0.1) is 0 Å². The summed E-state index contributed by atoms with van der Waals surface area (Å²) in [4.78, 5) is 0. The summed E-state index contributed by atoms with van der Waals surface area (Å²) in [6.07, 6.45) is 6.25. The van der Waals surface area contributed by atoms with Crippen LogP contribution in [0.3, 0.4) is 0 Å². The second kappa shape index (κ2) is 5.02. The van der Waals surface area contributed by atoms with Gasteiger partial charge in [0.2, 0.25) is 0 Å². The van der Waals surface area contributed by atoms with Gasteiger partial charge in [-0.05, 0) is 12.8 Å². The molecule has 13 heavy (non-hydrogen) atoms. The molecule has 1 heterocycles. The third-order valence-corrected chi connectivity index (χ3v) is 2.05. The molecule has 0 spiro atoms. The normalized spacial score (nSPS) is 13.2. The van der Waals surface area contributed by atoms with E-state index in [1.54, 1.807) is 6.20 Å². The van der Waals surface area contributed by atoms with Gasteiger partial charge in [-0.25, -0.2) is 0 Å². The number of hydrogen-bond donors (Lipinski definition) is 1. The molecule has 0 saturated carbocycles. The minimum absolute atomic E-state index is 0.337. The van der Waals surface area contributed by atoms with E-state index in [0.29, 0.717) is 0 Å². The van der Waals surface area contributed by atoms with Crippen LogP contribution < -0.4 is 0 Å². The lowest BCUT2D eigenvalue weighted by molar-refractivity contribution is 0.166. The molecular weight excluding hydrogens is 164 g/mol. The van der Waals surface area contributed by atoms with Gasteiger partial charge in [-0.3, -0.25) is 4.68 Å². The van der Waals surface area contributed by atoms with E-state index in [2.05, 4.69) is 18.9 Å². The van der Waals surface area contributed by atoms with Gasteiger partial charge < -0.3 is 5.11 Å². The molecule has 1 atom stereocenters. The van der Waals surface area contributed by atoms with Crippen molar-refractivity contribution < 1.29 is 5.11 Å². The average Bonchev–Trinajstić information content (AvgIpc) is 2.54. The van der Waals surface area contributed by atoms with Crippen LogP contribution in [0.25, 0.3) is 0 Å². The summed E-state index contributed by atoms with van der Waals surface area (Å²) in [5.74, 6) is 0. The van der Waals surface area contributed by atoms with Gasteiger partial charge in [-0.1, -0.05) is 20.3 Å². The highest BCUT2D eigenvalue weighted by Crippen LogP contribution is 2.16. The fourth-order valence-electron chi connectivity index (χ4n) is 1.34. The van der Waals surface area contributed by atoms with Crippen LogP contribution >= 0.6 is 0 Å². The predicted molar refractivity (Wildman–Crippen MR) is 52.4 cm³/mol. The largest absolute Gasteiger partial charge is 0.388 e. The van der Waals surface area contributed by atoms with Gasteiger partial charge in [0.05, 0.1) is 12.3 Å². The maximum absolute atomic E-state index is 9.65. The Morgan fingerprint density at radius 3 is 2.85 bits per heavy atom. The van der Waals surface area contributed by atoms with Crippen LogP contribution in [0.15, 0.2) is 12.4 Å². The quantitative estimate of drug-likeness (QED) is 0.757. The molecule has 74 valence electrons. The van der Waals surface area contributed by atoms with Gasteiger partial charge in [-0.15, -0.1) is 0 Å². The summed E-state index contributed by atoms with van der Waals surface area (Å²) in [6, 6.07) is 0. The van der Waals surface area contributed by atoms with Gasteiger partial charge in [0.15, 0.2) is 0 Å².